The van der Waals surface area contributed by atoms with Gasteiger partial charge >= 0.3 is 0 Å². The second-order valence-corrected chi connectivity index (χ2v) is 7.29. The van der Waals surface area contributed by atoms with Crippen molar-refractivity contribution in [3.8, 4) is 0 Å². The highest BCUT2D eigenvalue weighted by Crippen LogP contribution is 2.27. The van der Waals surface area contributed by atoms with Crippen LogP contribution in [0, 0.1) is 5.82 Å². The third-order valence-corrected chi connectivity index (χ3v) is 5.44. The maximum atomic E-state index is 12.9. The Morgan fingerprint density at radius 1 is 1.43 bits per heavy atom. The van der Waals surface area contributed by atoms with Crippen LogP contribution in [0.15, 0.2) is 26.9 Å². The molecule has 1 aromatic carbocycles. The van der Waals surface area contributed by atoms with Gasteiger partial charge in [0.15, 0.2) is 8.68 Å². The predicted molar refractivity (Wildman–Crippen MR) is 86.5 cm³/mol. The van der Waals surface area contributed by atoms with Crippen molar-refractivity contribution >= 4 is 52.1 Å². The van der Waals surface area contributed by atoms with E-state index in [-0.39, 0.29) is 11.6 Å². The molecule has 1 aromatic heterocycles. The highest BCUT2D eigenvalue weighted by Gasteiger charge is 2.08. The molecule has 0 bridgehead atoms. The van der Waals surface area contributed by atoms with E-state index in [1.54, 1.807) is 11.8 Å². The Morgan fingerprint density at radius 3 is 2.86 bits per heavy atom. The lowest BCUT2D eigenvalue weighted by Crippen LogP contribution is -2.13. The number of nitrogens with zero attached hydrogens (tertiary/aromatic N) is 2. The van der Waals surface area contributed by atoms with E-state index in [0.29, 0.717) is 17.9 Å². The van der Waals surface area contributed by atoms with Crippen molar-refractivity contribution in [1.29, 1.82) is 0 Å². The molecular weight excluding hydrogens is 331 g/mol. The first-order valence-electron chi connectivity index (χ1n) is 5.93. The molecule has 0 radical (unpaired) electrons. The van der Waals surface area contributed by atoms with Gasteiger partial charge in [-0.25, -0.2) is 4.39 Å². The van der Waals surface area contributed by atoms with Crippen LogP contribution in [0.2, 0.25) is 0 Å². The van der Waals surface area contributed by atoms with Crippen LogP contribution >= 0.6 is 34.9 Å². The van der Waals surface area contributed by atoms with E-state index in [9.17, 15) is 9.18 Å². The summed E-state index contributed by atoms with van der Waals surface area (Å²) in [5, 5.41) is 10.6. The number of nitrogens with one attached hydrogen (secondary N) is 1. The van der Waals surface area contributed by atoms with Crippen molar-refractivity contribution in [2.45, 2.75) is 15.1 Å². The molecule has 0 aliphatic rings. The smallest absolute Gasteiger partial charge is 0.225 e. The number of benzene rings is 1. The van der Waals surface area contributed by atoms with Gasteiger partial charge in [0.25, 0.3) is 0 Å². The molecule has 0 fully saturated rings. The van der Waals surface area contributed by atoms with E-state index in [1.807, 2.05) is 6.26 Å². The van der Waals surface area contributed by atoms with Crippen molar-refractivity contribution in [3.05, 3.63) is 24.0 Å². The molecule has 0 saturated heterocycles. The first-order valence-corrected chi connectivity index (χ1v) is 8.96. The Kier molecular flexibility index (Phi) is 5.83. The van der Waals surface area contributed by atoms with Crippen LogP contribution in [0.3, 0.4) is 0 Å². The number of carbonyl (C=O) groups excluding carboxylic acids is 1. The van der Waals surface area contributed by atoms with Crippen LogP contribution < -0.4 is 11.1 Å². The molecule has 0 saturated carbocycles. The van der Waals surface area contributed by atoms with Crippen LogP contribution in [0.1, 0.15) is 6.42 Å². The Hall–Kier alpha value is -1.32. The van der Waals surface area contributed by atoms with Gasteiger partial charge in [0.05, 0.1) is 11.4 Å². The van der Waals surface area contributed by atoms with Crippen molar-refractivity contribution < 1.29 is 9.18 Å². The number of thioether (sulfide) groups is 2. The lowest BCUT2D eigenvalue weighted by Gasteiger charge is -2.07. The Balaban J connectivity index is 1.79. The Morgan fingerprint density at radius 2 is 2.19 bits per heavy atom. The van der Waals surface area contributed by atoms with Crippen molar-refractivity contribution in [2.24, 2.45) is 0 Å². The summed E-state index contributed by atoms with van der Waals surface area (Å²) in [5.74, 6) is -0.00649. The summed E-state index contributed by atoms with van der Waals surface area (Å²) in [6.45, 7) is 0. The van der Waals surface area contributed by atoms with Gasteiger partial charge in [0.1, 0.15) is 5.82 Å². The zero-order valence-corrected chi connectivity index (χ0v) is 13.6. The Labute approximate surface area is 133 Å². The molecular formula is C12H13FN4OS3. The quantitative estimate of drug-likeness (QED) is 0.619. The molecule has 0 unspecified atom stereocenters. The van der Waals surface area contributed by atoms with Crippen LogP contribution in [-0.2, 0) is 4.79 Å². The maximum absolute atomic E-state index is 12.9. The number of nitrogens with two attached hydrogens (primary N) is 1. The lowest BCUT2D eigenvalue weighted by atomic mass is 10.2. The summed E-state index contributed by atoms with van der Waals surface area (Å²) < 4.78 is 14.6. The molecule has 0 atom stereocenters. The highest BCUT2D eigenvalue weighted by atomic mass is 32.2. The molecule has 112 valence electrons. The van der Waals surface area contributed by atoms with E-state index in [1.165, 1.54) is 41.3 Å². The number of halogens is 1. The summed E-state index contributed by atoms with van der Waals surface area (Å²) in [6, 6.07) is 3.88. The standard InChI is InChI=1S/C12H13FN4OS3/c1-19-11-16-17-12(21-11)20-5-4-10(18)15-9-3-2-7(13)6-8(9)14/h2-3,6H,4-5,14H2,1H3,(H,15,18). The van der Waals surface area contributed by atoms with Gasteiger partial charge in [-0.05, 0) is 24.5 Å². The molecule has 9 heteroatoms. The van der Waals surface area contributed by atoms with E-state index < -0.39 is 5.82 Å². The summed E-state index contributed by atoms with van der Waals surface area (Å²) in [7, 11) is 0. The first kappa shape index (κ1) is 16.1. The van der Waals surface area contributed by atoms with Crippen molar-refractivity contribution in [1.82, 2.24) is 10.2 Å². The molecule has 21 heavy (non-hydrogen) atoms. The average Bonchev–Trinajstić information content (AvgIpc) is 2.90. The van der Waals surface area contributed by atoms with Crippen molar-refractivity contribution in [3.63, 3.8) is 0 Å². The number of nitrogen functional groups attached to an aromatic ring is 1. The second-order valence-electron chi connectivity index (χ2n) is 3.92. The summed E-state index contributed by atoms with van der Waals surface area (Å²) in [6.07, 6.45) is 2.26. The van der Waals surface area contributed by atoms with Gasteiger partial charge in [0.2, 0.25) is 5.91 Å². The fourth-order valence-corrected chi connectivity index (χ4v) is 3.88. The lowest BCUT2D eigenvalue weighted by molar-refractivity contribution is -0.115. The fourth-order valence-electron chi connectivity index (χ4n) is 1.43. The minimum absolute atomic E-state index is 0.171. The van der Waals surface area contributed by atoms with Crippen LogP contribution in [0.5, 0.6) is 0 Å². The van der Waals surface area contributed by atoms with Gasteiger partial charge in [-0.3, -0.25) is 4.79 Å². The summed E-state index contributed by atoms with van der Waals surface area (Å²) >= 11 is 4.53. The highest BCUT2D eigenvalue weighted by molar-refractivity contribution is 8.02. The molecule has 2 aromatic rings. The number of hydrogen-bond donors (Lipinski definition) is 2. The van der Waals surface area contributed by atoms with E-state index in [0.717, 1.165) is 8.68 Å². The van der Waals surface area contributed by atoms with Gasteiger partial charge in [0, 0.05) is 12.2 Å². The normalized spacial score (nSPS) is 10.6. The number of carbonyl (C=O) groups is 1. The van der Waals surface area contributed by atoms with E-state index in [4.69, 9.17) is 5.73 Å². The third-order valence-electron chi connectivity index (χ3n) is 2.40. The largest absolute Gasteiger partial charge is 0.397 e. The fraction of sp³-hybridized carbons (Fsp3) is 0.250. The topological polar surface area (TPSA) is 80.9 Å². The minimum Gasteiger partial charge on any atom is -0.397 e. The van der Waals surface area contributed by atoms with Gasteiger partial charge in [-0.15, -0.1) is 10.2 Å². The van der Waals surface area contributed by atoms with Crippen molar-refractivity contribution in [2.75, 3.05) is 23.1 Å². The van der Waals surface area contributed by atoms with Gasteiger partial charge < -0.3 is 11.1 Å². The number of aromatic nitrogens is 2. The van der Waals surface area contributed by atoms with Crippen LogP contribution in [0.4, 0.5) is 15.8 Å². The molecule has 3 N–H and O–H groups in total. The molecule has 0 aliphatic heterocycles. The Bertz CT molecular complexity index is 635. The number of anilines is 2. The second kappa shape index (κ2) is 7.62. The summed E-state index contributed by atoms with van der Waals surface area (Å²) in [5.41, 5.74) is 6.26. The number of rotatable bonds is 6. The minimum atomic E-state index is -0.429. The molecule has 1 amide bonds. The average molecular weight is 344 g/mol. The van der Waals surface area contributed by atoms with E-state index >= 15 is 0 Å². The zero-order chi connectivity index (χ0) is 15.2. The summed E-state index contributed by atoms with van der Waals surface area (Å²) in [4.78, 5) is 11.8. The molecule has 0 spiro atoms. The molecule has 5 nitrogen and oxygen atoms in total. The molecule has 1 heterocycles. The van der Waals surface area contributed by atoms with Gasteiger partial charge in [-0.2, -0.15) is 0 Å². The van der Waals surface area contributed by atoms with Crippen LogP contribution in [-0.4, -0.2) is 28.1 Å². The zero-order valence-electron chi connectivity index (χ0n) is 11.1. The number of amides is 1. The van der Waals surface area contributed by atoms with Gasteiger partial charge in [-0.1, -0.05) is 34.9 Å². The van der Waals surface area contributed by atoms with E-state index in [2.05, 4.69) is 15.5 Å². The first-order chi connectivity index (χ1) is 10.1. The van der Waals surface area contributed by atoms with Crippen LogP contribution in [0.25, 0.3) is 0 Å². The predicted octanol–water partition coefficient (Wildman–Crippen LogP) is 3.10. The third kappa shape index (κ3) is 4.87. The number of hydrogen-bond acceptors (Lipinski definition) is 7. The SMILES string of the molecule is CSc1nnc(SCCC(=O)Nc2ccc(F)cc2N)s1. The molecule has 2 rings (SSSR count). The monoisotopic (exact) mass is 344 g/mol. The maximum Gasteiger partial charge on any atom is 0.225 e. The molecule has 0 aliphatic carbocycles.